The molecule has 0 radical (unpaired) electrons. The Bertz CT molecular complexity index is 777. The van der Waals surface area contributed by atoms with Crippen LogP contribution in [-0.4, -0.2) is 18.2 Å². The zero-order valence-electron chi connectivity index (χ0n) is 10.5. The first-order chi connectivity index (χ1) is 9.44. The molecule has 104 valence electrons. The molecule has 2 rings (SSSR count). The fourth-order valence-electron chi connectivity index (χ4n) is 1.66. The van der Waals surface area contributed by atoms with Crippen molar-refractivity contribution in [2.45, 2.75) is 11.4 Å². The molecule has 1 heterocycles. The second kappa shape index (κ2) is 5.40. The highest BCUT2D eigenvalue weighted by Crippen LogP contribution is 2.18. The number of aromatic nitrogens is 2. The number of hydrogen-bond donors (Lipinski definition) is 1. The maximum Gasteiger partial charge on any atom is 0.242 e. The smallest absolute Gasteiger partial charge is 0.242 e. The summed E-state index contributed by atoms with van der Waals surface area (Å²) in [5.74, 6) is -0.864. The van der Waals surface area contributed by atoms with Gasteiger partial charge in [0.25, 0.3) is 0 Å². The van der Waals surface area contributed by atoms with Crippen LogP contribution in [0.25, 0.3) is 0 Å². The highest BCUT2D eigenvalue weighted by Gasteiger charge is 2.20. The minimum Gasteiger partial charge on any atom is -0.275 e. The molecule has 0 amide bonds. The molecule has 0 aliphatic carbocycles. The fourth-order valence-corrected chi connectivity index (χ4v) is 2.84. The number of benzene rings is 1. The second-order valence-electron chi connectivity index (χ2n) is 4.07. The standard InChI is InChI=1S/C12H11FN4O2S/c1-17-8-9(6-15-17)7-16-20(18,19)12-4-2-3-11(13)10(12)5-14/h2-4,6,8,16H,7H2,1H3. The summed E-state index contributed by atoms with van der Waals surface area (Å²) in [4.78, 5) is -0.371. The Morgan fingerprint density at radius 3 is 2.85 bits per heavy atom. The van der Waals surface area contributed by atoms with Crippen molar-refractivity contribution < 1.29 is 12.8 Å². The molecular formula is C12H11FN4O2S. The molecule has 6 nitrogen and oxygen atoms in total. The van der Waals surface area contributed by atoms with Crippen molar-refractivity contribution in [1.82, 2.24) is 14.5 Å². The summed E-state index contributed by atoms with van der Waals surface area (Å²) in [7, 11) is -2.26. The third kappa shape index (κ3) is 2.84. The van der Waals surface area contributed by atoms with Crippen molar-refractivity contribution in [3.8, 4) is 6.07 Å². The Kier molecular flexibility index (Phi) is 3.83. The summed E-state index contributed by atoms with van der Waals surface area (Å²) in [6.45, 7) is 0.0115. The van der Waals surface area contributed by atoms with Gasteiger partial charge in [-0.2, -0.15) is 10.4 Å². The normalized spacial score (nSPS) is 11.2. The lowest BCUT2D eigenvalue weighted by atomic mass is 10.2. The number of halogens is 1. The van der Waals surface area contributed by atoms with E-state index in [4.69, 9.17) is 5.26 Å². The number of sulfonamides is 1. The number of nitrogens with one attached hydrogen (secondary N) is 1. The Hall–Kier alpha value is -2.24. The molecule has 1 N–H and O–H groups in total. The highest BCUT2D eigenvalue weighted by atomic mass is 32.2. The largest absolute Gasteiger partial charge is 0.275 e. The minimum atomic E-state index is -3.96. The van der Waals surface area contributed by atoms with E-state index < -0.39 is 21.4 Å². The van der Waals surface area contributed by atoms with E-state index in [9.17, 15) is 12.8 Å². The molecule has 0 saturated carbocycles. The fraction of sp³-hybridized carbons (Fsp3) is 0.167. The summed E-state index contributed by atoms with van der Waals surface area (Å²) in [6.07, 6.45) is 3.17. The van der Waals surface area contributed by atoms with E-state index >= 15 is 0 Å². The van der Waals surface area contributed by atoms with E-state index in [-0.39, 0.29) is 11.4 Å². The SMILES string of the molecule is Cn1cc(CNS(=O)(=O)c2cccc(F)c2C#N)cn1. The molecule has 0 unspecified atom stereocenters. The van der Waals surface area contributed by atoms with Crippen molar-refractivity contribution in [3.63, 3.8) is 0 Å². The van der Waals surface area contributed by atoms with Crippen molar-refractivity contribution in [1.29, 1.82) is 5.26 Å². The van der Waals surface area contributed by atoms with Gasteiger partial charge < -0.3 is 0 Å². The first-order valence-electron chi connectivity index (χ1n) is 5.60. The van der Waals surface area contributed by atoms with Crippen LogP contribution >= 0.6 is 0 Å². The number of rotatable bonds is 4. The maximum absolute atomic E-state index is 13.4. The van der Waals surface area contributed by atoms with Gasteiger partial charge in [0.05, 0.1) is 6.20 Å². The van der Waals surface area contributed by atoms with Gasteiger partial charge in [0, 0.05) is 25.4 Å². The van der Waals surface area contributed by atoms with E-state index in [1.807, 2.05) is 0 Å². The van der Waals surface area contributed by atoms with Crippen molar-refractivity contribution >= 4 is 10.0 Å². The number of nitrogens with zero attached hydrogens (tertiary/aromatic N) is 3. The van der Waals surface area contributed by atoms with Gasteiger partial charge in [0.2, 0.25) is 10.0 Å². The Labute approximate surface area is 115 Å². The summed E-state index contributed by atoms with van der Waals surface area (Å²) in [5, 5.41) is 12.8. The highest BCUT2D eigenvalue weighted by molar-refractivity contribution is 7.89. The van der Waals surface area contributed by atoms with Crippen LogP contribution in [0.1, 0.15) is 11.1 Å². The molecule has 2 aromatic rings. The quantitative estimate of drug-likeness (QED) is 0.908. The minimum absolute atomic E-state index is 0.0115. The zero-order chi connectivity index (χ0) is 14.8. The monoisotopic (exact) mass is 294 g/mol. The van der Waals surface area contributed by atoms with Crippen LogP contribution in [0, 0.1) is 17.1 Å². The van der Waals surface area contributed by atoms with Crippen molar-refractivity contribution in [2.75, 3.05) is 0 Å². The lowest BCUT2D eigenvalue weighted by molar-refractivity contribution is 0.576. The summed E-state index contributed by atoms with van der Waals surface area (Å²) in [6, 6.07) is 5.03. The van der Waals surface area contributed by atoms with Crippen LogP contribution in [0.3, 0.4) is 0 Å². The van der Waals surface area contributed by atoms with Crippen molar-refractivity contribution in [2.24, 2.45) is 7.05 Å². The van der Waals surface area contributed by atoms with E-state index in [0.717, 1.165) is 6.07 Å². The predicted octanol–water partition coefficient (Wildman–Crippen LogP) is 0.909. The lowest BCUT2D eigenvalue weighted by Gasteiger charge is -2.07. The van der Waals surface area contributed by atoms with E-state index in [0.29, 0.717) is 5.56 Å². The van der Waals surface area contributed by atoms with E-state index in [1.165, 1.54) is 23.0 Å². The topological polar surface area (TPSA) is 87.8 Å². The zero-order valence-corrected chi connectivity index (χ0v) is 11.4. The van der Waals surface area contributed by atoms with Crippen LogP contribution in [0.2, 0.25) is 0 Å². The molecule has 0 fully saturated rings. The predicted molar refractivity (Wildman–Crippen MR) is 68.3 cm³/mol. The van der Waals surface area contributed by atoms with E-state index in [1.54, 1.807) is 19.3 Å². The first kappa shape index (κ1) is 14.2. The average molecular weight is 294 g/mol. The Balaban J connectivity index is 2.27. The number of hydrogen-bond acceptors (Lipinski definition) is 4. The van der Waals surface area contributed by atoms with Gasteiger partial charge in [0.1, 0.15) is 22.3 Å². The van der Waals surface area contributed by atoms with Gasteiger partial charge in [-0.05, 0) is 12.1 Å². The molecule has 8 heteroatoms. The lowest BCUT2D eigenvalue weighted by Crippen LogP contribution is -2.24. The second-order valence-corrected chi connectivity index (χ2v) is 5.81. The average Bonchev–Trinajstić information content (AvgIpc) is 2.82. The number of nitriles is 1. The molecular weight excluding hydrogens is 283 g/mol. The third-order valence-electron chi connectivity index (χ3n) is 2.60. The number of aryl methyl sites for hydroxylation is 1. The molecule has 20 heavy (non-hydrogen) atoms. The van der Waals surface area contributed by atoms with Crippen LogP contribution < -0.4 is 4.72 Å². The van der Waals surface area contributed by atoms with Gasteiger partial charge in [-0.3, -0.25) is 4.68 Å². The van der Waals surface area contributed by atoms with Crippen LogP contribution in [0.15, 0.2) is 35.5 Å². The molecule has 0 spiro atoms. The summed E-state index contributed by atoms with van der Waals surface area (Å²) >= 11 is 0. The van der Waals surface area contributed by atoms with Gasteiger partial charge in [-0.1, -0.05) is 6.07 Å². The summed E-state index contributed by atoms with van der Waals surface area (Å²) in [5.41, 5.74) is 0.164. The maximum atomic E-state index is 13.4. The molecule has 0 atom stereocenters. The van der Waals surface area contributed by atoms with Gasteiger partial charge in [0.15, 0.2) is 0 Å². The van der Waals surface area contributed by atoms with Gasteiger partial charge >= 0.3 is 0 Å². The van der Waals surface area contributed by atoms with Gasteiger partial charge in [-0.15, -0.1) is 0 Å². The Morgan fingerprint density at radius 1 is 1.50 bits per heavy atom. The van der Waals surface area contributed by atoms with Crippen LogP contribution in [0.4, 0.5) is 4.39 Å². The van der Waals surface area contributed by atoms with Gasteiger partial charge in [-0.25, -0.2) is 17.5 Å². The molecule has 1 aromatic carbocycles. The third-order valence-corrected chi connectivity index (χ3v) is 4.04. The van der Waals surface area contributed by atoms with Crippen LogP contribution in [-0.2, 0) is 23.6 Å². The van der Waals surface area contributed by atoms with Crippen molar-refractivity contribution in [3.05, 3.63) is 47.5 Å². The van der Waals surface area contributed by atoms with E-state index in [2.05, 4.69) is 9.82 Å². The van der Waals surface area contributed by atoms with Crippen LogP contribution in [0.5, 0.6) is 0 Å². The molecule has 0 aliphatic rings. The first-order valence-corrected chi connectivity index (χ1v) is 7.08. The molecule has 1 aromatic heterocycles. The molecule has 0 aliphatic heterocycles. The summed E-state index contributed by atoms with van der Waals surface area (Å²) < 4.78 is 41.4. The Morgan fingerprint density at radius 2 is 2.25 bits per heavy atom. The molecule has 0 saturated heterocycles. The molecule has 0 bridgehead atoms.